The number of rotatable bonds is 16. The topological polar surface area (TPSA) is 63.6 Å². The number of hydrogen-bond donors (Lipinski definition) is 1. The summed E-state index contributed by atoms with van der Waals surface area (Å²) in [7, 11) is 0. The fraction of sp³-hybridized carbons (Fsp3) is 0.895. The van der Waals surface area contributed by atoms with Crippen molar-refractivity contribution < 1.29 is 19.4 Å². The van der Waals surface area contributed by atoms with Crippen molar-refractivity contribution in [2.45, 2.75) is 97.3 Å². The van der Waals surface area contributed by atoms with Crippen molar-refractivity contribution in [2.24, 2.45) is 5.92 Å². The van der Waals surface area contributed by atoms with Crippen LogP contribution >= 0.6 is 0 Å². The van der Waals surface area contributed by atoms with Crippen LogP contribution in [0.15, 0.2) is 0 Å². The number of carboxylic acids is 1. The first kappa shape index (κ1) is 21.9. The van der Waals surface area contributed by atoms with E-state index in [1.54, 1.807) is 0 Å². The number of unbranched alkanes of at least 4 members (excludes halogenated alkanes) is 9. The fourth-order valence-corrected chi connectivity index (χ4v) is 2.83. The van der Waals surface area contributed by atoms with Crippen LogP contribution in [-0.4, -0.2) is 23.7 Å². The van der Waals surface area contributed by atoms with Gasteiger partial charge in [0.15, 0.2) is 0 Å². The molecule has 1 atom stereocenters. The molecule has 1 unspecified atom stereocenters. The molecule has 0 heterocycles. The molecule has 0 spiro atoms. The van der Waals surface area contributed by atoms with Gasteiger partial charge in [0.2, 0.25) is 0 Å². The van der Waals surface area contributed by atoms with E-state index in [1.165, 1.54) is 38.5 Å². The Bertz CT molecular complexity index is 302. The number of hydrogen-bond acceptors (Lipinski definition) is 3. The maximum absolute atomic E-state index is 11.7. The Hall–Kier alpha value is -1.06. The second kappa shape index (κ2) is 15.8. The molecule has 0 fully saturated rings. The Morgan fingerprint density at radius 1 is 0.826 bits per heavy atom. The van der Waals surface area contributed by atoms with Gasteiger partial charge in [-0.2, -0.15) is 0 Å². The normalized spacial score (nSPS) is 12.1. The quantitative estimate of drug-likeness (QED) is 0.307. The second-order valence-electron chi connectivity index (χ2n) is 6.33. The molecule has 4 nitrogen and oxygen atoms in total. The van der Waals surface area contributed by atoms with E-state index >= 15 is 0 Å². The summed E-state index contributed by atoms with van der Waals surface area (Å²) in [6.45, 7) is 4.39. The number of carbonyl (C=O) groups excluding carboxylic acids is 1. The van der Waals surface area contributed by atoms with E-state index in [0.717, 1.165) is 38.5 Å². The smallest absolute Gasteiger partial charge is 0.308 e. The molecule has 136 valence electrons. The van der Waals surface area contributed by atoms with Crippen molar-refractivity contribution in [3.05, 3.63) is 0 Å². The average molecular weight is 328 g/mol. The van der Waals surface area contributed by atoms with Gasteiger partial charge in [-0.05, 0) is 26.2 Å². The van der Waals surface area contributed by atoms with Crippen molar-refractivity contribution >= 4 is 11.9 Å². The highest BCUT2D eigenvalue weighted by atomic mass is 16.5. The largest absolute Gasteiger partial charge is 0.481 e. The minimum absolute atomic E-state index is 0.0297. The molecule has 0 aliphatic heterocycles. The van der Waals surface area contributed by atoms with Crippen molar-refractivity contribution in [1.82, 2.24) is 0 Å². The Morgan fingerprint density at radius 2 is 1.30 bits per heavy atom. The van der Waals surface area contributed by atoms with E-state index in [-0.39, 0.29) is 11.9 Å². The van der Waals surface area contributed by atoms with Gasteiger partial charge in [-0.1, -0.05) is 64.7 Å². The van der Waals surface area contributed by atoms with E-state index in [0.29, 0.717) is 13.0 Å². The van der Waals surface area contributed by atoms with Crippen LogP contribution in [0.3, 0.4) is 0 Å². The molecule has 0 aromatic rings. The summed E-state index contributed by atoms with van der Waals surface area (Å²) >= 11 is 0. The molecule has 0 amide bonds. The standard InChI is InChI=1S/C19H36O4/c1-3-17(19(22)23-4-2)15-13-11-9-7-5-6-8-10-12-14-16-18(20)21/h17H,3-16H2,1-2H3,(H,20,21). The molecule has 0 saturated carbocycles. The van der Waals surface area contributed by atoms with E-state index < -0.39 is 5.97 Å². The third-order valence-electron chi connectivity index (χ3n) is 4.31. The highest BCUT2D eigenvalue weighted by Gasteiger charge is 2.16. The summed E-state index contributed by atoms with van der Waals surface area (Å²) in [5, 5.41) is 8.54. The number of esters is 1. The van der Waals surface area contributed by atoms with E-state index in [2.05, 4.69) is 6.92 Å². The molecule has 0 aliphatic rings. The van der Waals surface area contributed by atoms with Crippen LogP contribution in [0.5, 0.6) is 0 Å². The van der Waals surface area contributed by atoms with Crippen molar-refractivity contribution in [2.75, 3.05) is 6.61 Å². The first-order chi connectivity index (χ1) is 11.1. The van der Waals surface area contributed by atoms with Crippen LogP contribution in [0.2, 0.25) is 0 Å². The number of ether oxygens (including phenoxy) is 1. The van der Waals surface area contributed by atoms with Crippen LogP contribution in [0.1, 0.15) is 97.3 Å². The molecular weight excluding hydrogens is 292 g/mol. The van der Waals surface area contributed by atoms with Crippen molar-refractivity contribution in [1.29, 1.82) is 0 Å². The van der Waals surface area contributed by atoms with Gasteiger partial charge in [-0.3, -0.25) is 9.59 Å². The third-order valence-corrected chi connectivity index (χ3v) is 4.31. The third kappa shape index (κ3) is 14.3. The molecule has 4 heteroatoms. The van der Waals surface area contributed by atoms with Crippen molar-refractivity contribution in [3.8, 4) is 0 Å². The number of carboxylic acid groups (broad SMARTS) is 1. The van der Waals surface area contributed by atoms with Crippen LogP contribution in [-0.2, 0) is 14.3 Å². The first-order valence-electron chi connectivity index (χ1n) is 9.50. The molecule has 0 aliphatic carbocycles. The average Bonchev–Trinajstić information content (AvgIpc) is 2.52. The highest BCUT2D eigenvalue weighted by molar-refractivity contribution is 5.72. The zero-order valence-corrected chi connectivity index (χ0v) is 15.1. The van der Waals surface area contributed by atoms with Crippen LogP contribution in [0, 0.1) is 5.92 Å². The lowest BCUT2D eigenvalue weighted by atomic mass is 9.98. The lowest BCUT2D eigenvalue weighted by Gasteiger charge is -2.13. The van der Waals surface area contributed by atoms with Gasteiger partial charge < -0.3 is 9.84 Å². The summed E-state index contributed by atoms with van der Waals surface area (Å²) in [6, 6.07) is 0. The van der Waals surface area contributed by atoms with Crippen LogP contribution < -0.4 is 0 Å². The maximum Gasteiger partial charge on any atom is 0.308 e. The van der Waals surface area contributed by atoms with Crippen LogP contribution in [0.25, 0.3) is 0 Å². The lowest BCUT2D eigenvalue weighted by molar-refractivity contribution is -0.148. The maximum atomic E-state index is 11.7. The molecule has 0 rings (SSSR count). The minimum Gasteiger partial charge on any atom is -0.481 e. The van der Waals surface area contributed by atoms with Gasteiger partial charge in [-0.15, -0.1) is 0 Å². The van der Waals surface area contributed by atoms with E-state index in [4.69, 9.17) is 9.84 Å². The predicted molar refractivity (Wildman–Crippen MR) is 93.5 cm³/mol. The molecule has 0 bridgehead atoms. The summed E-state index contributed by atoms with van der Waals surface area (Å²) in [6.07, 6.45) is 13.7. The van der Waals surface area contributed by atoms with Gasteiger partial charge >= 0.3 is 11.9 Å². The van der Waals surface area contributed by atoms with Gasteiger partial charge in [0.25, 0.3) is 0 Å². The first-order valence-corrected chi connectivity index (χ1v) is 9.50. The van der Waals surface area contributed by atoms with E-state index in [1.807, 2.05) is 6.92 Å². The lowest BCUT2D eigenvalue weighted by Crippen LogP contribution is -2.16. The van der Waals surface area contributed by atoms with Gasteiger partial charge in [-0.25, -0.2) is 0 Å². The van der Waals surface area contributed by atoms with Crippen LogP contribution in [0.4, 0.5) is 0 Å². The van der Waals surface area contributed by atoms with Crippen molar-refractivity contribution in [3.63, 3.8) is 0 Å². The van der Waals surface area contributed by atoms with Gasteiger partial charge in [0.05, 0.1) is 12.5 Å². The molecule has 23 heavy (non-hydrogen) atoms. The zero-order valence-electron chi connectivity index (χ0n) is 15.1. The van der Waals surface area contributed by atoms with E-state index in [9.17, 15) is 9.59 Å². The summed E-state index contributed by atoms with van der Waals surface area (Å²) in [5.74, 6) is -0.628. The highest BCUT2D eigenvalue weighted by Crippen LogP contribution is 2.17. The summed E-state index contributed by atoms with van der Waals surface area (Å²) in [4.78, 5) is 22.0. The Labute approximate surface area is 142 Å². The molecule has 1 N–H and O–H groups in total. The summed E-state index contributed by atoms with van der Waals surface area (Å²) < 4.78 is 5.09. The minimum atomic E-state index is -0.682. The monoisotopic (exact) mass is 328 g/mol. The molecular formula is C19H36O4. The number of aliphatic carboxylic acids is 1. The Balaban J connectivity index is 3.32. The molecule has 0 aromatic heterocycles. The molecule has 0 saturated heterocycles. The SMILES string of the molecule is CCOC(=O)C(CC)CCCCCCCCCCCCC(=O)O. The Morgan fingerprint density at radius 3 is 1.74 bits per heavy atom. The fourth-order valence-electron chi connectivity index (χ4n) is 2.83. The zero-order chi connectivity index (χ0) is 17.3. The molecule has 0 aromatic carbocycles. The Kier molecular flexibility index (Phi) is 15.1. The predicted octanol–water partition coefficient (Wildman–Crippen LogP) is 5.34. The second-order valence-corrected chi connectivity index (χ2v) is 6.33. The van der Waals surface area contributed by atoms with Gasteiger partial charge in [0, 0.05) is 6.42 Å². The summed E-state index contributed by atoms with van der Waals surface area (Å²) in [5.41, 5.74) is 0. The number of carbonyl (C=O) groups is 2. The van der Waals surface area contributed by atoms with Gasteiger partial charge in [0.1, 0.15) is 0 Å². The molecule has 0 radical (unpaired) electrons.